The molecular weight excluding hydrogens is 502 g/mol. The first-order valence-electron chi connectivity index (χ1n) is 14.2. The van der Waals surface area contributed by atoms with Gasteiger partial charge in [0, 0.05) is 50.0 Å². The molecule has 4 aromatic rings. The number of anilines is 1. The van der Waals surface area contributed by atoms with E-state index in [1.54, 1.807) is 14.2 Å². The van der Waals surface area contributed by atoms with Gasteiger partial charge < -0.3 is 23.7 Å². The highest BCUT2D eigenvalue weighted by molar-refractivity contribution is 5.86. The third kappa shape index (κ3) is 4.21. The molecule has 0 amide bonds. The largest absolute Gasteiger partial charge is 0.493 e. The van der Waals surface area contributed by atoms with Gasteiger partial charge in [-0.15, -0.1) is 0 Å². The summed E-state index contributed by atoms with van der Waals surface area (Å²) in [5.74, 6) is 2.25. The van der Waals surface area contributed by atoms with E-state index in [0.717, 1.165) is 65.7 Å². The SMILES string of the molecule is COc1ccc(-c2nc3c(C)nc(-c4ccc(N5CCC6(CC5)CN(C5COC5)C6)cc4)cc3n2C)cc1OC. The highest BCUT2D eigenvalue weighted by Crippen LogP contribution is 2.43. The Morgan fingerprint density at radius 2 is 1.57 bits per heavy atom. The van der Waals surface area contributed by atoms with Crippen molar-refractivity contribution in [1.82, 2.24) is 19.4 Å². The van der Waals surface area contributed by atoms with Gasteiger partial charge >= 0.3 is 0 Å². The number of aryl methyl sites for hydroxylation is 2. The maximum Gasteiger partial charge on any atom is 0.161 e. The molecule has 2 aromatic heterocycles. The van der Waals surface area contributed by atoms with E-state index < -0.39 is 0 Å². The average molecular weight is 540 g/mol. The van der Waals surface area contributed by atoms with Crippen LogP contribution in [0.15, 0.2) is 48.5 Å². The van der Waals surface area contributed by atoms with Crippen molar-refractivity contribution in [2.75, 3.05) is 58.5 Å². The summed E-state index contributed by atoms with van der Waals surface area (Å²) in [4.78, 5) is 15.1. The van der Waals surface area contributed by atoms with Crippen molar-refractivity contribution >= 4 is 16.7 Å². The molecule has 8 heteroatoms. The monoisotopic (exact) mass is 539 g/mol. The summed E-state index contributed by atoms with van der Waals surface area (Å²) in [7, 11) is 5.35. The van der Waals surface area contributed by atoms with Gasteiger partial charge in [-0.3, -0.25) is 9.88 Å². The van der Waals surface area contributed by atoms with Gasteiger partial charge in [0.05, 0.1) is 50.4 Å². The summed E-state index contributed by atoms with van der Waals surface area (Å²) in [6, 6.07) is 17.6. The number of hydrogen-bond acceptors (Lipinski definition) is 7. The molecule has 5 heterocycles. The predicted molar refractivity (Wildman–Crippen MR) is 157 cm³/mol. The van der Waals surface area contributed by atoms with Crippen LogP contribution in [-0.2, 0) is 11.8 Å². The fourth-order valence-electron chi connectivity index (χ4n) is 6.63. The Bertz CT molecular complexity index is 1540. The Kier molecular flexibility index (Phi) is 6.20. The van der Waals surface area contributed by atoms with E-state index in [2.05, 4.69) is 51.7 Å². The molecule has 208 valence electrons. The van der Waals surface area contributed by atoms with Crippen LogP contribution in [-0.4, -0.2) is 79.1 Å². The number of aromatic nitrogens is 3. The lowest BCUT2D eigenvalue weighted by Crippen LogP contribution is -2.66. The van der Waals surface area contributed by atoms with E-state index in [-0.39, 0.29) is 0 Å². The van der Waals surface area contributed by atoms with Gasteiger partial charge in [-0.1, -0.05) is 12.1 Å². The van der Waals surface area contributed by atoms with Crippen LogP contribution < -0.4 is 14.4 Å². The molecule has 3 saturated heterocycles. The van der Waals surface area contributed by atoms with E-state index in [1.165, 1.54) is 31.6 Å². The van der Waals surface area contributed by atoms with Crippen LogP contribution in [0.25, 0.3) is 33.7 Å². The van der Waals surface area contributed by atoms with Crippen LogP contribution in [0.2, 0.25) is 0 Å². The number of nitrogens with zero attached hydrogens (tertiary/aromatic N) is 5. The molecule has 8 nitrogen and oxygen atoms in total. The first-order chi connectivity index (χ1) is 19.5. The standard InChI is InChI=1S/C32H37N5O3/c1-21-30-27(35(2)31(34-30)23-7-10-28(38-3)29(15-23)39-4)16-26(33-21)22-5-8-24(9-6-22)36-13-11-32(12-14-36)19-37(20-32)25-17-40-18-25/h5-10,15-16,25H,11-14,17-20H2,1-4H3. The molecule has 0 unspecified atom stereocenters. The van der Waals surface area contributed by atoms with Crippen molar-refractivity contribution in [3.05, 3.63) is 54.2 Å². The molecule has 0 bridgehead atoms. The third-order valence-corrected chi connectivity index (χ3v) is 9.25. The van der Waals surface area contributed by atoms with Crippen molar-refractivity contribution in [1.29, 1.82) is 0 Å². The van der Waals surface area contributed by atoms with Crippen molar-refractivity contribution in [2.45, 2.75) is 25.8 Å². The van der Waals surface area contributed by atoms with E-state index in [4.69, 9.17) is 24.2 Å². The fraction of sp³-hybridized carbons (Fsp3) is 0.438. The van der Waals surface area contributed by atoms with Crippen LogP contribution in [0.1, 0.15) is 18.5 Å². The average Bonchev–Trinajstić information content (AvgIpc) is 3.28. The Labute approximate surface area is 235 Å². The first-order valence-corrected chi connectivity index (χ1v) is 14.2. The first kappa shape index (κ1) is 25.4. The highest BCUT2D eigenvalue weighted by atomic mass is 16.5. The lowest BCUT2D eigenvalue weighted by Gasteiger charge is -2.58. The number of imidazole rings is 1. The van der Waals surface area contributed by atoms with E-state index in [9.17, 15) is 0 Å². The van der Waals surface area contributed by atoms with Crippen molar-refractivity contribution in [3.8, 4) is 34.1 Å². The number of hydrogen-bond donors (Lipinski definition) is 0. The fourth-order valence-corrected chi connectivity index (χ4v) is 6.63. The molecule has 0 N–H and O–H groups in total. The minimum atomic E-state index is 0.530. The molecule has 0 radical (unpaired) electrons. The van der Waals surface area contributed by atoms with Crippen LogP contribution >= 0.6 is 0 Å². The van der Waals surface area contributed by atoms with Crippen molar-refractivity contribution in [2.24, 2.45) is 12.5 Å². The second kappa shape index (κ2) is 9.78. The molecule has 0 atom stereocenters. The van der Waals surface area contributed by atoms with E-state index in [1.807, 2.05) is 25.1 Å². The minimum Gasteiger partial charge on any atom is -0.493 e. The maximum absolute atomic E-state index is 5.52. The van der Waals surface area contributed by atoms with Gasteiger partial charge in [0.15, 0.2) is 11.5 Å². The molecule has 3 fully saturated rings. The molecule has 3 aliphatic rings. The lowest BCUT2D eigenvalue weighted by atomic mass is 9.71. The lowest BCUT2D eigenvalue weighted by molar-refractivity contribution is -0.136. The number of pyridine rings is 1. The smallest absolute Gasteiger partial charge is 0.161 e. The molecule has 0 aliphatic carbocycles. The Morgan fingerprint density at radius 3 is 2.23 bits per heavy atom. The molecule has 0 saturated carbocycles. The quantitative estimate of drug-likeness (QED) is 0.344. The summed E-state index contributed by atoms with van der Waals surface area (Å²) in [5, 5.41) is 0. The van der Waals surface area contributed by atoms with Crippen LogP contribution in [0.3, 0.4) is 0 Å². The van der Waals surface area contributed by atoms with E-state index in [0.29, 0.717) is 23.0 Å². The Balaban J connectivity index is 1.09. The van der Waals surface area contributed by atoms with Crippen molar-refractivity contribution in [3.63, 3.8) is 0 Å². The zero-order valence-corrected chi connectivity index (χ0v) is 23.8. The van der Waals surface area contributed by atoms with Crippen LogP contribution in [0, 0.1) is 12.3 Å². The molecule has 1 spiro atoms. The third-order valence-electron chi connectivity index (χ3n) is 9.25. The van der Waals surface area contributed by atoms with Gasteiger partial charge in [0.1, 0.15) is 11.3 Å². The van der Waals surface area contributed by atoms with E-state index >= 15 is 0 Å². The zero-order valence-electron chi connectivity index (χ0n) is 23.8. The van der Waals surface area contributed by atoms with Gasteiger partial charge in [0.25, 0.3) is 0 Å². The maximum atomic E-state index is 5.52. The Morgan fingerprint density at radius 1 is 0.875 bits per heavy atom. The summed E-state index contributed by atoms with van der Waals surface area (Å²) in [6.07, 6.45) is 2.55. The summed E-state index contributed by atoms with van der Waals surface area (Å²) in [5.41, 5.74) is 7.77. The number of fused-ring (bicyclic) bond motifs is 1. The normalized spacial score (nSPS) is 19.1. The molecule has 40 heavy (non-hydrogen) atoms. The number of ether oxygens (including phenoxy) is 3. The number of piperidine rings is 1. The Hall–Kier alpha value is -3.62. The summed E-state index contributed by atoms with van der Waals surface area (Å²) >= 11 is 0. The summed E-state index contributed by atoms with van der Waals surface area (Å²) < 4.78 is 18.4. The molecule has 7 rings (SSSR count). The number of benzene rings is 2. The van der Waals surface area contributed by atoms with Gasteiger partial charge in [-0.25, -0.2) is 4.98 Å². The van der Waals surface area contributed by atoms with Gasteiger partial charge in [-0.05, 0) is 61.6 Å². The van der Waals surface area contributed by atoms with Gasteiger partial charge in [-0.2, -0.15) is 0 Å². The number of rotatable bonds is 6. The topological polar surface area (TPSA) is 64.9 Å². The summed E-state index contributed by atoms with van der Waals surface area (Å²) in [6.45, 7) is 8.66. The second-order valence-corrected chi connectivity index (χ2v) is 11.7. The predicted octanol–water partition coefficient (Wildman–Crippen LogP) is 4.93. The minimum absolute atomic E-state index is 0.530. The number of likely N-dealkylation sites (tertiary alicyclic amines) is 1. The molecule has 3 aliphatic heterocycles. The molecule has 2 aromatic carbocycles. The number of methoxy groups -OCH3 is 2. The molecular formula is C32H37N5O3. The van der Waals surface area contributed by atoms with Crippen LogP contribution in [0.5, 0.6) is 11.5 Å². The van der Waals surface area contributed by atoms with Crippen molar-refractivity contribution < 1.29 is 14.2 Å². The highest BCUT2D eigenvalue weighted by Gasteiger charge is 2.48. The second-order valence-electron chi connectivity index (χ2n) is 11.7. The van der Waals surface area contributed by atoms with Crippen LogP contribution in [0.4, 0.5) is 5.69 Å². The zero-order chi connectivity index (χ0) is 27.4. The van der Waals surface area contributed by atoms with Gasteiger partial charge in [0.2, 0.25) is 0 Å².